The number of fused-ring (bicyclic) bond motifs is 4. The summed E-state index contributed by atoms with van der Waals surface area (Å²) in [6, 6.07) is 22.7. The van der Waals surface area contributed by atoms with Crippen LogP contribution in [0.2, 0.25) is 0 Å². The maximum Gasteiger partial charge on any atom is 0.238 e. The molecule has 0 atom stereocenters. The molecule has 0 unspecified atom stereocenters. The first-order chi connectivity index (χ1) is 13.7. The van der Waals surface area contributed by atoms with E-state index >= 15 is 0 Å². The third kappa shape index (κ3) is 2.48. The molecule has 5 heteroatoms. The van der Waals surface area contributed by atoms with Crippen molar-refractivity contribution in [2.75, 3.05) is 0 Å². The Morgan fingerprint density at radius 1 is 0.964 bits per heavy atom. The summed E-state index contributed by atoms with van der Waals surface area (Å²) in [5, 5.41) is 23.2. The van der Waals surface area contributed by atoms with Gasteiger partial charge in [0.1, 0.15) is 17.0 Å². The lowest BCUT2D eigenvalue weighted by molar-refractivity contribution is 0.477. The molecule has 1 N–H and O–H groups in total. The highest BCUT2D eigenvalue weighted by molar-refractivity contribution is 6.04. The molecule has 5 aromatic rings. The Labute approximate surface area is 159 Å². The van der Waals surface area contributed by atoms with E-state index < -0.39 is 0 Å². The van der Waals surface area contributed by atoms with Gasteiger partial charge in [0.05, 0.1) is 17.8 Å². The minimum Gasteiger partial charge on any atom is -0.506 e. The van der Waals surface area contributed by atoms with Crippen LogP contribution in [0, 0.1) is 11.3 Å². The van der Waals surface area contributed by atoms with E-state index in [1.807, 2.05) is 60.7 Å². The molecule has 0 radical (unpaired) electrons. The summed E-state index contributed by atoms with van der Waals surface area (Å²) < 4.78 is 5.91. The zero-order chi connectivity index (χ0) is 19.1. The molecular weight excluding hydrogens is 350 g/mol. The second-order valence-corrected chi connectivity index (χ2v) is 6.39. The molecule has 5 nitrogen and oxygen atoms in total. The Morgan fingerprint density at radius 2 is 1.71 bits per heavy atom. The van der Waals surface area contributed by atoms with Gasteiger partial charge in [-0.3, -0.25) is 0 Å². The van der Waals surface area contributed by atoms with Crippen LogP contribution in [0.1, 0.15) is 11.5 Å². The van der Waals surface area contributed by atoms with Crippen molar-refractivity contribution in [3.8, 4) is 11.8 Å². The van der Waals surface area contributed by atoms with Crippen LogP contribution in [0.5, 0.6) is 5.75 Å². The maximum atomic E-state index is 10.4. The van der Waals surface area contributed by atoms with Crippen LogP contribution >= 0.6 is 0 Å². The fraction of sp³-hybridized carbons (Fsp3) is 0. The molecule has 28 heavy (non-hydrogen) atoms. The van der Waals surface area contributed by atoms with Gasteiger partial charge in [0.15, 0.2) is 5.58 Å². The van der Waals surface area contributed by atoms with Crippen LogP contribution in [-0.4, -0.2) is 16.3 Å². The number of phenols is 1. The minimum atomic E-state index is -0.0620. The molecule has 0 bridgehead atoms. The van der Waals surface area contributed by atoms with Crippen molar-refractivity contribution in [2.24, 2.45) is 4.99 Å². The first-order valence-electron chi connectivity index (χ1n) is 8.72. The molecule has 0 aliphatic heterocycles. The van der Waals surface area contributed by atoms with Crippen LogP contribution in [0.4, 0.5) is 5.69 Å². The molecule has 0 saturated heterocycles. The number of benzene rings is 4. The molecule has 1 aromatic heterocycles. The van der Waals surface area contributed by atoms with Gasteiger partial charge in [0.25, 0.3) is 0 Å². The molecule has 0 spiro atoms. The fourth-order valence-corrected chi connectivity index (χ4v) is 3.42. The molecule has 0 saturated carbocycles. The van der Waals surface area contributed by atoms with Crippen LogP contribution < -0.4 is 0 Å². The second-order valence-electron chi connectivity index (χ2n) is 6.39. The third-order valence-corrected chi connectivity index (χ3v) is 4.72. The number of aliphatic imine (C=N–C) groups is 1. The van der Waals surface area contributed by atoms with Gasteiger partial charge in [0.2, 0.25) is 5.89 Å². The number of nitriles is 1. The quantitative estimate of drug-likeness (QED) is 0.422. The number of aromatic hydroxyl groups is 1. The molecular formula is C23H13N3O2. The Hall–Kier alpha value is -4.17. The summed E-state index contributed by atoms with van der Waals surface area (Å²) in [6.07, 6.45) is 1.49. The number of nitrogens with zero attached hydrogens (tertiary/aromatic N) is 3. The van der Waals surface area contributed by atoms with Gasteiger partial charge >= 0.3 is 0 Å². The third-order valence-electron chi connectivity index (χ3n) is 4.72. The van der Waals surface area contributed by atoms with Crippen molar-refractivity contribution >= 4 is 44.5 Å². The van der Waals surface area contributed by atoms with Crippen LogP contribution in [-0.2, 0) is 0 Å². The van der Waals surface area contributed by atoms with Gasteiger partial charge in [-0.1, -0.05) is 54.6 Å². The lowest BCUT2D eigenvalue weighted by atomic mass is 10.0. The van der Waals surface area contributed by atoms with E-state index in [0.717, 1.165) is 21.7 Å². The Balaban J connectivity index is 1.65. The van der Waals surface area contributed by atoms with Crippen molar-refractivity contribution in [1.82, 2.24) is 4.98 Å². The van der Waals surface area contributed by atoms with Gasteiger partial charge < -0.3 is 9.52 Å². The van der Waals surface area contributed by atoms with E-state index in [0.29, 0.717) is 28.1 Å². The van der Waals surface area contributed by atoms with Crippen LogP contribution in [0.3, 0.4) is 0 Å². The van der Waals surface area contributed by atoms with Gasteiger partial charge in [-0.15, -0.1) is 0 Å². The largest absolute Gasteiger partial charge is 0.506 e. The molecule has 4 aromatic carbocycles. The lowest BCUT2D eigenvalue weighted by Crippen LogP contribution is -1.84. The summed E-state index contributed by atoms with van der Waals surface area (Å²) in [5.41, 5.74) is 2.23. The summed E-state index contributed by atoms with van der Waals surface area (Å²) in [4.78, 5) is 8.89. The molecule has 0 aliphatic carbocycles. The number of phenolic OH excluding ortho intramolecular Hbond substituents is 1. The van der Waals surface area contributed by atoms with E-state index in [1.165, 1.54) is 12.3 Å². The zero-order valence-electron chi connectivity index (χ0n) is 14.6. The van der Waals surface area contributed by atoms with E-state index in [1.54, 1.807) is 0 Å². The number of rotatable bonds is 2. The molecule has 0 fully saturated rings. The fourth-order valence-electron chi connectivity index (χ4n) is 3.42. The predicted molar refractivity (Wildman–Crippen MR) is 109 cm³/mol. The first kappa shape index (κ1) is 16.0. The zero-order valence-corrected chi connectivity index (χ0v) is 14.6. The predicted octanol–water partition coefficient (Wildman–Crippen LogP) is 5.46. The topological polar surface area (TPSA) is 82.4 Å². The highest BCUT2D eigenvalue weighted by Crippen LogP contribution is 2.37. The summed E-state index contributed by atoms with van der Waals surface area (Å²) in [7, 11) is 0. The van der Waals surface area contributed by atoms with E-state index in [2.05, 4.69) is 16.0 Å². The SMILES string of the molecule is N#Cc1cc(O)c(N=Cc2nc3ccc4ccccc4c3o2)c2ccccc12. The van der Waals surface area contributed by atoms with E-state index in [9.17, 15) is 10.4 Å². The minimum absolute atomic E-state index is 0.0620. The standard InChI is InChI=1S/C23H13N3O2/c24-12-15-11-20(27)22(18-8-4-3-6-16(15)18)25-13-21-26-19-10-9-14-5-1-2-7-17(14)23(19)28-21/h1-11,13,27H. The number of hydrogen-bond donors (Lipinski definition) is 1. The monoisotopic (exact) mass is 363 g/mol. The maximum absolute atomic E-state index is 10.4. The molecule has 0 amide bonds. The number of oxazole rings is 1. The highest BCUT2D eigenvalue weighted by atomic mass is 16.3. The van der Waals surface area contributed by atoms with Crippen molar-refractivity contribution < 1.29 is 9.52 Å². The van der Waals surface area contributed by atoms with E-state index in [-0.39, 0.29) is 5.75 Å². The Kier molecular flexibility index (Phi) is 3.56. The van der Waals surface area contributed by atoms with Gasteiger partial charge in [0, 0.05) is 22.2 Å². The van der Waals surface area contributed by atoms with Crippen molar-refractivity contribution in [1.29, 1.82) is 5.26 Å². The first-order valence-corrected chi connectivity index (χ1v) is 8.72. The molecule has 132 valence electrons. The van der Waals surface area contributed by atoms with Gasteiger partial charge in [-0.2, -0.15) is 5.26 Å². The Morgan fingerprint density at radius 3 is 2.54 bits per heavy atom. The second kappa shape index (κ2) is 6.22. The highest BCUT2D eigenvalue weighted by Gasteiger charge is 2.12. The van der Waals surface area contributed by atoms with Crippen LogP contribution in [0.25, 0.3) is 32.6 Å². The number of aromatic nitrogens is 1. The number of hydrogen-bond acceptors (Lipinski definition) is 5. The summed E-state index contributed by atoms with van der Waals surface area (Å²) in [6.45, 7) is 0. The summed E-state index contributed by atoms with van der Waals surface area (Å²) in [5.74, 6) is 0.284. The van der Waals surface area contributed by atoms with Crippen molar-refractivity contribution in [3.05, 3.63) is 78.2 Å². The molecule has 5 rings (SSSR count). The molecule has 0 aliphatic rings. The lowest BCUT2D eigenvalue weighted by Gasteiger charge is -2.06. The van der Waals surface area contributed by atoms with Gasteiger partial charge in [-0.25, -0.2) is 9.98 Å². The normalized spacial score (nSPS) is 11.5. The van der Waals surface area contributed by atoms with Gasteiger partial charge in [-0.05, 0) is 11.5 Å². The average Bonchev–Trinajstić information content (AvgIpc) is 3.16. The van der Waals surface area contributed by atoms with Crippen molar-refractivity contribution in [3.63, 3.8) is 0 Å². The molecule has 1 heterocycles. The smallest absolute Gasteiger partial charge is 0.238 e. The summed E-state index contributed by atoms with van der Waals surface area (Å²) >= 11 is 0. The average molecular weight is 363 g/mol. The van der Waals surface area contributed by atoms with E-state index in [4.69, 9.17) is 4.42 Å². The van der Waals surface area contributed by atoms with Crippen molar-refractivity contribution in [2.45, 2.75) is 0 Å². The van der Waals surface area contributed by atoms with Crippen LogP contribution in [0.15, 0.2) is 76.1 Å². The Bertz CT molecular complexity index is 1440.